The van der Waals surface area contributed by atoms with Crippen LogP contribution in [0.1, 0.15) is 5.56 Å². The zero-order valence-corrected chi connectivity index (χ0v) is 11.4. The number of rotatable bonds is 2. The second-order valence-corrected chi connectivity index (χ2v) is 5.00. The summed E-state index contributed by atoms with van der Waals surface area (Å²) in [6, 6.07) is 9.31. The van der Waals surface area contributed by atoms with E-state index in [0.717, 1.165) is 13.7 Å². The van der Waals surface area contributed by atoms with E-state index in [2.05, 4.69) is 22.6 Å². The lowest BCUT2D eigenvalue weighted by Gasteiger charge is -2.07. The van der Waals surface area contributed by atoms with Crippen LogP contribution < -0.4 is 11.2 Å². The monoisotopic (exact) mass is 342 g/mol. The Balaban J connectivity index is 2.41. The van der Waals surface area contributed by atoms with Crippen molar-refractivity contribution in [1.82, 2.24) is 9.13 Å². The first-order chi connectivity index (χ1) is 8.08. The average molecular weight is 342 g/mol. The van der Waals surface area contributed by atoms with Gasteiger partial charge in [0, 0.05) is 22.9 Å². The molecule has 88 valence electrons. The highest BCUT2D eigenvalue weighted by atomic mass is 127. The van der Waals surface area contributed by atoms with Crippen LogP contribution in [-0.2, 0) is 13.6 Å². The Kier molecular flexibility index (Phi) is 3.46. The molecule has 0 aliphatic rings. The molecule has 1 aromatic heterocycles. The Labute approximate surface area is 112 Å². The van der Waals surface area contributed by atoms with Gasteiger partial charge in [-0.2, -0.15) is 0 Å². The zero-order valence-electron chi connectivity index (χ0n) is 9.26. The summed E-state index contributed by atoms with van der Waals surface area (Å²) >= 11 is 2.23. The van der Waals surface area contributed by atoms with E-state index < -0.39 is 0 Å². The van der Waals surface area contributed by atoms with E-state index in [1.165, 1.54) is 23.9 Å². The number of hydrogen-bond acceptors (Lipinski definition) is 2. The van der Waals surface area contributed by atoms with Crippen molar-refractivity contribution < 1.29 is 0 Å². The summed E-state index contributed by atoms with van der Waals surface area (Å²) < 4.78 is 3.75. The predicted molar refractivity (Wildman–Crippen MR) is 74.2 cm³/mol. The number of aromatic nitrogens is 2. The summed E-state index contributed by atoms with van der Waals surface area (Å²) in [4.78, 5) is 23.0. The lowest BCUT2D eigenvalue weighted by atomic mass is 10.2. The normalized spacial score (nSPS) is 10.5. The van der Waals surface area contributed by atoms with Gasteiger partial charge in [-0.05, 0) is 40.3 Å². The lowest BCUT2D eigenvalue weighted by molar-refractivity contribution is 0.645. The molecule has 0 amide bonds. The first-order valence-corrected chi connectivity index (χ1v) is 6.17. The van der Waals surface area contributed by atoms with E-state index in [0.29, 0.717) is 6.54 Å². The van der Waals surface area contributed by atoms with Crippen molar-refractivity contribution in [1.29, 1.82) is 0 Å². The maximum atomic E-state index is 11.8. The largest absolute Gasteiger partial charge is 0.331 e. The summed E-state index contributed by atoms with van der Waals surface area (Å²) in [5.41, 5.74) is 0.461. The van der Waals surface area contributed by atoms with Crippen LogP contribution in [0.15, 0.2) is 46.1 Å². The quantitative estimate of drug-likeness (QED) is 0.770. The number of halogens is 1. The highest BCUT2D eigenvalue weighted by Gasteiger charge is 2.02. The Bertz CT molecular complexity index is 658. The van der Waals surface area contributed by atoms with Crippen molar-refractivity contribution in [2.45, 2.75) is 6.54 Å². The average Bonchev–Trinajstić information content (AvgIpc) is 2.30. The molecule has 0 unspecified atom stereocenters. The van der Waals surface area contributed by atoms with Gasteiger partial charge in [0.05, 0.1) is 6.54 Å². The van der Waals surface area contributed by atoms with Gasteiger partial charge >= 0.3 is 5.69 Å². The predicted octanol–water partition coefficient (Wildman–Crippen LogP) is 1.20. The molecular weight excluding hydrogens is 331 g/mol. The molecule has 0 fully saturated rings. The fourth-order valence-corrected chi connectivity index (χ4v) is 2.18. The zero-order chi connectivity index (χ0) is 12.4. The van der Waals surface area contributed by atoms with Crippen molar-refractivity contribution in [3.8, 4) is 0 Å². The summed E-state index contributed by atoms with van der Waals surface area (Å²) in [6.07, 6.45) is 1.53. The van der Waals surface area contributed by atoms with Gasteiger partial charge in [0.25, 0.3) is 5.56 Å². The van der Waals surface area contributed by atoms with E-state index >= 15 is 0 Å². The molecule has 0 saturated carbocycles. The third-order valence-corrected chi connectivity index (χ3v) is 3.17. The standard InChI is InChI=1S/C12H11IN2O2/c1-14-11(16)5-6-15(12(14)17)8-9-3-2-4-10(13)7-9/h2-7H,8H2,1H3. The van der Waals surface area contributed by atoms with Crippen LogP contribution in [0.4, 0.5) is 0 Å². The third kappa shape index (κ3) is 2.66. The Morgan fingerprint density at radius 3 is 2.71 bits per heavy atom. The van der Waals surface area contributed by atoms with Crippen LogP contribution in [0, 0.1) is 3.57 Å². The summed E-state index contributed by atoms with van der Waals surface area (Å²) in [5.74, 6) is 0. The summed E-state index contributed by atoms with van der Waals surface area (Å²) in [6.45, 7) is 0.476. The Morgan fingerprint density at radius 2 is 2.00 bits per heavy atom. The third-order valence-electron chi connectivity index (χ3n) is 2.50. The summed E-state index contributed by atoms with van der Waals surface area (Å²) in [7, 11) is 1.48. The molecule has 0 spiro atoms. The van der Waals surface area contributed by atoms with Gasteiger partial charge in [-0.15, -0.1) is 0 Å². The van der Waals surface area contributed by atoms with E-state index in [9.17, 15) is 9.59 Å². The first kappa shape index (κ1) is 12.1. The maximum Gasteiger partial charge on any atom is 0.331 e. The minimum atomic E-state index is -0.295. The molecule has 0 atom stereocenters. The fourth-order valence-electron chi connectivity index (χ4n) is 1.57. The minimum Gasteiger partial charge on any atom is -0.296 e. The number of hydrogen-bond donors (Lipinski definition) is 0. The molecule has 17 heavy (non-hydrogen) atoms. The van der Waals surface area contributed by atoms with Gasteiger partial charge < -0.3 is 0 Å². The second-order valence-electron chi connectivity index (χ2n) is 3.75. The Hall–Kier alpha value is -1.37. The van der Waals surface area contributed by atoms with Crippen molar-refractivity contribution in [2.24, 2.45) is 7.05 Å². The van der Waals surface area contributed by atoms with Crippen LogP contribution in [0.25, 0.3) is 0 Å². The van der Waals surface area contributed by atoms with Gasteiger partial charge in [-0.1, -0.05) is 12.1 Å². The number of nitrogens with zero attached hydrogens (tertiary/aromatic N) is 2. The second kappa shape index (κ2) is 4.87. The highest BCUT2D eigenvalue weighted by Crippen LogP contribution is 2.08. The van der Waals surface area contributed by atoms with E-state index in [1.807, 2.05) is 24.3 Å². The van der Waals surface area contributed by atoms with Gasteiger partial charge in [0.2, 0.25) is 0 Å². The van der Waals surface area contributed by atoms with Crippen LogP contribution in [0.3, 0.4) is 0 Å². The van der Waals surface area contributed by atoms with Crippen molar-refractivity contribution in [3.63, 3.8) is 0 Å². The molecular formula is C12H11IN2O2. The van der Waals surface area contributed by atoms with Crippen LogP contribution in [0.5, 0.6) is 0 Å². The topological polar surface area (TPSA) is 44.0 Å². The molecule has 2 aromatic rings. The molecule has 0 bridgehead atoms. The van der Waals surface area contributed by atoms with Crippen molar-refractivity contribution in [2.75, 3.05) is 0 Å². The van der Waals surface area contributed by atoms with Gasteiger partial charge in [-0.25, -0.2) is 4.79 Å². The molecule has 0 radical (unpaired) electrons. The molecule has 0 saturated heterocycles. The molecule has 2 rings (SSSR count). The maximum absolute atomic E-state index is 11.8. The fraction of sp³-hybridized carbons (Fsp3) is 0.167. The molecule has 1 heterocycles. The first-order valence-electron chi connectivity index (χ1n) is 5.09. The molecule has 1 aromatic carbocycles. The molecule has 4 nitrogen and oxygen atoms in total. The Morgan fingerprint density at radius 1 is 1.24 bits per heavy atom. The molecule has 0 aliphatic carbocycles. The van der Waals surface area contributed by atoms with Gasteiger partial charge in [0.15, 0.2) is 0 Å². The summed E-state index contributed by atoms with van der Waals surface area (Å²) in [5, 5.41) is 0. The van der Waals surface area contributed by atoms with Crippen molar-refractivity contribution in [3.05, 3.63) is 66.5 Å². The van der Waals surface area contributed by atoms with Gasteiger partial charge in [0.1, 0.15) is 0 Å². The van der Waals surface area contributed by atoms with E-state index in [1.54, 1.807) is 0 Å². The van der Waals surface area contributed by atoms with Crippen LogP contribution in [-0.4, -0.2) is 9.13 Å². The van der Waals surface area contributed by atoms with Crippen LogP contribution in [0.2, 0.25) is 0 Å². The number of benzene rings is 1. The van der Waals surface area contributed by atoms with E-state index in [-0.39, 0.29) is 11.2 Å². The highest BCUT2D eigenvalue weighted by molar-refractivity contribution is 14.1. The smallest absolute Gasteiger partial charge is 0.296 e. The van der Waals surface area contributed by atoms with Crippen molar-refractivity contribution >= 4 is 22.6 Å². The lowest BCUT2D eigenvalue weighted by Crippen LogP contribution is -2.37. The minimum absolute atomic E-state index is 0.283. The molecule has 0 N–H and O–H groups in total. The van der Waals surface area contributed by atoms with Crippen LogP contribution >= 0.6 is 22.6 Å². The molecule has 5 heteroatoms. The SMILES string of the molecule is Cn1c(=O)ccn(Cc2cccc(I)c2)c1=O. The molecule has 0 aliphatic heterocycles. The van der Waals surface area contributed by atoms with Gasteiger partial charge in [-0.3, -0.25) is 13.9 Å². The van der Waals surface area contributed by atoms with E-state index in [4.69, 9.17) is 0 Å².